The van der Waals surface area contributed by atoms with E-state index in [4.69, 9.17) is 28.5 Å². The van der Waals surface area contributed by atoms with Gasteiger partial charge in [0.1, 0.15) is 67.5 Å². The van der Waals surface area contributed by atoms with Crippen LogP contribution in [0.5, 0.6) is 0 Å². The first-order chi connectivity index (χ1) is 49.5. The van der Waals surface area contributed by atoms with Crippen molar-refractivity contribution in [2.75, 3.05) is 91.1 Å². The molecule has 3 aliphatic heterocycles. The van der Waals surface area contributed by atoms with Gasteiger partial charge in [0.05, 0.1) is 108 Å². The second kappa shape index (κ2) is 45.5. The van der Waals surface area contributed by atoms with Gasteiger partial charge >= 0.3 is 5.97 Å². The smallest absolute Gasteiger partial charge is 0.364 e. The monoisotopic (exact) mass is 1560 g/mol. The van der Waals surface area contributed by atoms with E-state index in [2.05, 4.69) is 53.3 Å². The molecule has 612 valence electrons. The third kappa shape index (κ3) is 31.4. The lowest BCUT2D eigenvalue weighted by molar-refractivity contribution is -0.342. The van der Waals surface area contributed by atoms with Gasteiger partial charge in [-0.05, 0) is 60.8 Å². The summed E-state index contributed by atoms with van der Waals surface area (Å²) in [5.41, 5.74) is -2.97. The summed E-state index contributed by atoms with van der Waals surface area (Å²) in [5.74, 6) is -12.4. The number of carbonyl (C=O) groups is 10. The van der Waals surface area contributed by atoms with E-state index in [1.165, 1.54) is 41.5 Å². The highest BCUT2D eigenvalue weighted by molar-refractivity contribution is 7.91. The highest BCUT2D eigenvalue weighted by atomic mass is 32.2. The number of amides is 7. The Balaban J connectivity index is 1.48. The SMILES string of the molecule is CCCCNC(=O)CNC(=O)CNC(C)(C)C(=O)CN(CC(O)O)C(=O)CNC(=O)CNC(C)(C)C(=O)CN(CC(O)O)C(=O)CNC(O)CNC(=O)CCCCC(=O)NO[C@@H]1OC[S+]([O-])[C@@H](O[C@@H]2OC(CO[C@]3(C(=O)O)CC(O)[C@@H](NC(C)O)C(C(O)C(O)CO)O3)[C@H](O)C(O)C2O)C(O)C1NC(C)O. The van der Waals surface area contributed by atoms with Gasteiger partial charge in [-0.3, -0.25) is 74.5 Å². The molecule has 3 aliphatic rings. The lowest BCUT2D eigenvalue weighted by Crippen LogP contribution is -2.69. The van der Waals surface area contributed by atoms with Crippen LogP contribution in [0.3, 0.4) is 0 Å². The van der Waals surface area contributed by atoms with Crippen LogP contribution in [-0.2, 0) is 87.6 Å². The minimum absolute atomic E-state index is 0.0344. The fraction of sp³-hybridized carbons (Fsp3) is 0.833. The summed E-state index contributed by atoms with van der Waals surface area (Å²) in [7, 11) is 0. The molecule has 0 aromatic carbocycles. The van der Waals surface area contributed by atoms with E-state index >= 15 is 0 Å². The summed E-state index contributed by atoms with van der Waals surface area (Å²) >= 11 is -2.46. The second-order valence-electron chi connectivity index (χ2n) is 26.4. The van der Waals surface area contributed by atoms with Crippen molar-refractivity contribution in [1.82, 2.24) is 63.1 Å². The Kier molecular flexibility index (Phi) is 40.6. The number of ketones is 2. The maximum absolute atomic E-state index is 13.6. The van der Waals surface area contributed by atoms with Crippen LogP contribution in [0.2, 0.25) is 0 Å². The lowest BCUT2D eigenvalue weighted by Gasteiger charge is -2.48. The lowest BCUT2D eigenvalue weighted by atomic mass is 9.88. The minimum atomic E-state index is -2.93. The van der Waals surface area contributed by atoms with Crippen molar-refractivity contribution in [1.29, 1.82) is 0 Å². The Morgan fingerprint density at radius 3 is 1.70 bits per heavy atom. The molecule has 0 aromatic heterocycles. The number of ether oxygens (including phenoxy) is 5. The first-order valence-corrected chi connectivity index (χ1v) is 35.3. The fourth-order valence-electron chi connectivity index (χ4n) is 10.3. The quantitative estimate of drug-likeness (QED) is 0.0116. The molecule has 13 unspecified atom stereocenters. The molecule has 0 radical (unpaired) electrons. The number of aliphatic hydroxyl groups is 15. The average Bonchev–Trinajstić information content (AvgIpc) is 0.837. The number of Topliss-reactive ketones (excluding diaryl/α,β-unsaturated/α-hetero) is 2. The number of carbonyl (C=O) groups excluding carboxylic acids is 9. The van der Waals surface area contributed by atoms with E-state index in [1.54, 1.807) is 0 Å². The van der Waals surface area contributed by atoms with Crippen molar-refractivity contribution >= 4 is 70.1 Å². The van der Waals surface area contributed by atoms with Crippen LogP contribution in [0.15, 0.2) is 0 Å². The molecule has 45 nitrogen and oxygen atoms in total. The molecule has 0 bridgehead atoms. The number of hydroxylamine groups is 1. The number of nitrogens with zero attached hydrogens (tertiary/aromatic N) is 2. The van der Waals surface area contributed by atoms with E-state index in [0.717, 1.165) is 22.6 Å². The normalized spacial score (nSPS) is 26.5. The van der Waals surface area contributed by atoms with E-state index in [1.807, 2.05) is 6.92 Å². The number of hydrogen-bond donors (Lipinski definition) is 26. The first-order valence-electron chi connectivity index (χ1n) is 33.9. The molecule has 106 heavy (non-hydrogen) atoms. The molecular weight excluding hydrogens is 1450 g/mol. The number of rotatable bonds is 48. The maximum atomic E-state index is 13.6. The summed E-state index contributed by atoms with van der Waals surface area (Å²) < 4.78 is 41.6. The van der Waals surface area contributed by atoms with Gasteiger partial charge in [-0.25, -0.2) is 15.1 Å². The van der Waals surface area contributed by atoms with Gasteiger partial charge in [-0.15, -0.1) is 0 Å². The Morgan fingerprint density at radius 1 is 0.642 bits per heavy atom. The summed E-state index contributed by atoms with van der Waals surface area (Å²) in [6, 6.07) is -3.13. The largest absolute Gasteiger partial charge is 0.612 e. The maximum Gasteiger partial charge on any atom is 0.364 e. The summed E-state index contributed by atoms with van der Waals surface area (Å²) in [6.07, 6.45) is -30.7. The highest BCUT2D eigenvalue weighted by Crippen LogP contribution is 2.36. The topological polar surface area (TPSA) is 700 Å². The number of nitrogens with one attached hydrogen (secondary N) is 10. The summed E-state index contributed by atoms with van der Waals surface area (Å²) in [5, 5.41) is 188. The molecule has 3 saturated heterocycles. The molecule has 0 aromatic rings. The van der Waals surface area contributed by atoms with Gasteiger partial charge in [0.25, 0.3) is 5.79 Å². The molecule has 26 N–H and O–H groups in total. The molecule has 3 fully saturated rings. The van der Waals surface area contributed by atoms with E-state index < -0.39 is 288 Å². The van der Waals surface area contributed by atoms with Crippen molar-refractivity contribution in [3.05, 3.63) is 0 Å². The highest BCUT2D eigenvalue weighted by Gasteiger charge is 2.58. The van der Waals surface area contributed by atoms with Crippen LogP contribution in [0.4, 0.5) is 0 Å². The fourth-order valence-corrected chi connectivity index (χ4v) is 11.4. The Bertz CT molecular complexity index is 2810. The minimum Gasteiger partial charge on any atom is -0.612 e. The number of aliphatic hydroxyl groups excluding tert-OH is 13. The van der Waals surface area contributed by atoms with Gasteiger partial charge in [0.15, 0.2) is 30.4 Å². The summed E-state index contributed by atoms with van der Waals surface area (Å²) in [6.45, 7) is 1.79. The van der Waals surface area contributed by atoms with Gasteiger partial charge in [-0.1, -0.05) is 13.3 Å². The number of aliphatic carboxylic acids is 1. The van der Waals surface area contributed by atoms with Gasteiger partial charge < -0.3 is 136 Å². The van der Waals surface area contributed by atoms with Gasteiger partial charge in [0, 0.05) is 37.0 Å². The third-order valence-corrected chi connectivity index (χ3v) is 17.9. The van der Waals surface area contributed by atoms with Crippen molar-refractivity contribution in [2.24, 2.45) is 0 Å². The van der Waals surface area contributed by atoms with Gasteiger partial charge in [-0.2, -0.15) is 0 Å². The molecule has 3 heterocycles. The van der Waals surface area contributed by atoms with Crippen LogP contribution in [0.1, 0.15) is 93.4 Å². The average molecular weight is 1560 g/mol. The second-order valence-corrected chi connectivity index (χ2v) is 27.8. The van der Waals surface area contributed by atoms with Crippen LogP contribution < -0.4 is 53.3 Å². The van der Waals surface area contributed by atoms with Gasteiger partial charge in [0.2, 0.25) is 59.0 Å². The molecule has 7 amide bonds. The standard InChI is InChI=1S/C60H108N12O33S/c1-8-9-14-61-38(82)16-63-40(84)18-66-58(4,5)34(78)23-72(25-45(90)91)43(87)21-65-41(85)19-67-59(6,7)35(79)22-71(24-44(88)89)42(86)20-64-39(83)17-62-36(80)12-10-11-13-37(81)70-105-54-47(69-30(3)75)50(94)56(106(99)28-100-54)103-55-52(96)51(95)49(93)33(102-55)27-101-60(57(97)98)15-31(76)46(68-29(2)74)53(104-60)48(92)32(77)26-73/h29-33,39,44-56,64,66-69,73-77,83,88-96H,8-28H2,1-7H3,(H,61,82)(H,62,80)(H,63,84)(H,65,85)(H,70,81)(H,97,98)/t29?,30?,31?,32?,33?,39?,46-,47?,48?,49+,50?,51?,52?,53?,54+,55+,56-,60-,106?/m1/s1. The zero-order chi connectivity index (χ0) is 80.1. The molecule has 0 aliphatic carbocycles. The summed E-state index contributed by atoms with van der Waals surface area (Å²) in [4.78, 5) is 135. The Hall–Kier alpha value is -5.63. The molecule has 0 saturated carbocycles. The predicted octanol–water partition coefficient (Wildman–Crippen LogP) is -14.3. The van der Waals surface area contributed by atoms with Crippen LogP contribution >= 0.6 is 0 Å². The molecule has 0 spiro atoms. The molecule has 46 heteroatoms. The molecular formula is C60H108N12O33S. The van der Waals surface area contributed by atoms with Crippen LogP contribution in [-0.4, -0.2) is 379 Å². The van der Waals surface area contributed by atoms with Crippen molar-refractivity contribution in [3.8, 4) is 0 Å². The zero-order valence-electron chi connectivity index (χ0n) is 59.7. The Labute approximate surface area is 611 Å². The number of carboxylic acids is 1. The first kappa shape index (κ1) is 94.6. The van der Waals surface area contributed by atoms with Crippen LogP contribution in [0.25, 0.3) is 0 Å². The number of carboxylic acid groups (broad SMARTS) is 1. The zero-order valence-corrected chi connectivity index (χ0v) is 60.5. The molecule has 19 atom stereocenters. The van der Waals surface area contributed by atoms with Crippen molar-refractivity contribution in [3.63, 3.8) is 0 Å². The number of unbranched alkanes of at least 4 members (excludes halogenated alkanes) is 2. The van der Waals surface area contributed by atoms with E-state index in [0.29, 0.717) is 6.54 Å². The molecule has 3 rings (SSSR count). The third-order valence-electron chi connectivity index (χ3n) is 16.6. The number of hydrogen-bond acceptors (Lipinski definition) is 37. The van der Waals surface area contributed by atoms with Crippen molar-refractivity contribution < 1.29 is 163 Å². The van der Waals surface area contributed by atoms with E-state index in [-0.39, 0.29) is 32.2 Å². The van der Waals surface area contributed by atoms with Crippen molar-refractivity contribution in [2.45, 2.75) is 227 Å². The van der Waals surface area contributed by atoms with Crippen LogP contribution in [0, 0.1) is 0 Å². The van der Waals surface area contributed by atoms with E-state index in [9.17, 15) is 134 Å². The predicted molar refractivity (Wildman–Crippen MR) is 356 cm³/mol. The Morgan fingerprint density at radius 2 is 1.17 bits per heavy atom.